The fraction of sp³-hybridized carbons (Fsp3) is 0.588. The second-order valence-electron chi connectivity index (χ2n) is 6.30. The largest absolute Gasteiger partial charge is 0.494 e. The van der Waals surface area contributed by atoms with Gasteiger partial charge in [-0.05, 0) is 55.4 Å². The molecule has 1 heterocycles. The van der Waals surface area contributed by atoms with Gasteiger partial charge in [-0.15, -0.1) is 12.4 Å². The van der Waals surface area contributed by atoms with Crippen LogP contribution in [0, 0.1) is 11.8 Å². The molecule has 2 unspecified atom stereocenters. The average Bonchev–Trinajstić information content (AvgIpc) is 3.05. The van der Waals surface area contributed by atoms with Crippen molar-refractivity contribution in [3.05, 3.63) is 29.8 Å². The van der Waals surface area contributed by atoms with Crippen molar-refractivity contribution in [1.82, 2.24) is 4.90 Å². The highest BCUT2D eigenvalue weighted by Gasteiger charge is 2.35. The summed E-state index contributed by atoms with van der Waals surface area (Å²) < 4.78 is 5.72. The van der Waals surface area contributed by atoms with E-state index < -0.39 is 5.91 Å². The molecule has 0 radical (unpaired) electrons. The molecule has 3 rings (SSSR count). The van der Waals surface area contributed by atoms with Crippen LogP contribution in [-0.2, 0) is 0 Å². The Kier molecular flexibility index (Phi) is 6.09. The first-order valence-electron chi connectivity index (χ1n) is 7.97. The minimum atomic E-state index is -0.402. The molecule has 2 atom stereocenters. The number of ether oxygens (including phenoxy) is 1. The van der Waals surface area contributed by atoms with Crippen molar-refractivity contribution in [2.24, 2.45) is 17.6 Å². The van der Waals surface area contributed by atoms with Gasteiger partial charge in [-0.3, -0.25) is 4.79 Å². The van der Waals surface area contributed by atoms with Crippen molar-refractivity contribution in [2.45, 2.75) is 25.7 Å². The number of halogens is 1. The molecule has 1 aliphatic carbocycles. The Hall–Kier alpha value is -1.26. The first kappa shape index (κ1) is 17.1. The van der Waals surface area contributed by atoms with Crippen molar-refractivity contribution in [3.8, 4) is 5.75 Å². The number of primary amides is 1. The predicted octanol–water partition coefficient (Wildman–Crippen LogP) is 2.71. The highest BCUT2D eigenvalue weighted by atomic mass is 35.5. The van der Waals surface area contributed by atoms with Crippen LogP contribution in [0.15, 0.2) is 24.3 Å². The minimum Gasteiger partial charge on any atom is -0.494 e. The lowest BCUT2D eigenvalue weighted by Crippen LogP contribution is -2.24. The van der Waals surface area contributed by atoms with Gasteiger partial charge in [0.15, 0.2) is 0 Å². The number of amides is 1. The third-order valence-corrected chi connectivity index (χ3v) is 4.83. The molecule has 2 aliphatic rings. The molecule has 4 nitrogen and oxygen atoms in total. The summed E-state index contributed by atoms with van der Waals surface area (Å²) in [6.07, 6.45) is 5.36. The van der Waals surface area contributed by atoms with E-state index in [1.807, 2.05) is 0 Å². The number of nitrogens with two attached hydrogens (primary N) is 1. The number of hydrogen-bond donors (Lipinski definition) is 1. The molecule has 1 saturated heterocycles. The Morgan fingerprint density at radius 2 is 1.82 bits per heavy atom. The fourth-order valence-electron chi connectivity index (χ4n) is 3.71. The molecule has 22 heavy (non-hydrogen) atoms. The van der Waals surface area contributed by atoms with Gasteiger partial charge in [0.1, 0.15) is 5.75 Å². The molecule has 1 aromatic rings. The highest BCUT2D eigenvalue weighted by molar-refractivity contribution is 5.92. The first-order chi connectivity index (χ1) is 10.2. The summed E-state index contributed by atoms with van der Waals surface area (Å²) >= 11 is 0. The lowest BCUT2D eigenvalue weighted by Gasteiger charge is -2.16. The normalized spacial score (nSPS) is 23.8. The Morgan fingerprint density at radius 3 is 2.41 bits per heavy atom. The number of likely N-dealkylation sites (tertiary alicyclic amines) is 1. The highest BCUT2D eigenvalue weighted by Crippen LogP contribution is 2.37. The maximum atomic E-state index is 11.0. The Labute approximate surface area is 138 Å². The molecule has 5 heteroatoms. The quantitative estimate of drug-likeness (QED) is 0.819. The molecule has 1 amide bonds. The van der Waals surface area contributed by atoms with Gasteiger partial charge in [0.2, 0.25) is 5.91 Å². The summed E-state index contributed by atoms with van der Waals surface area (Å²) in [5.74, 6) is 2.33. The van der Waals surface area contributed by atoms with Crippen molar-refractivity contribution < 1.29 is 9.53 Å². The SMILES string of the molecule is Cl.NC(=O)c1ccc(OCCCN2CC3CCCC3C2)cc1. The van der Waals surface area contributed by atoms with E-state index in [0.29, 0.717) is 5.56 Å². The van der Waals surface area contributed by atoms with Crippen molar-refractivity contribution in [3.63, 3.8) is 0 Å². The summed E-state index contributed by atoms with van der Waals surface area (Å²) in [6.45, 7) is 4.43. The van der Waals surface area contributed by atoms with E-state index in [4.69, 9.17) is 10.5 Å². The molecular formula is C17H25ClN2O2. The maximum Gasteiger partial charge on any atom is 0.248 e. The fourth-order valence-corrected chi connectivity index (χ4v) is 3.71. The smallest absolute Gasteiger partial charge is 0.248 e. The van der Waals surface area contributed by atoms with Crippen LogP contribution in [0.3, 0.4) is 0 Å². The predicted molar refractivity (Wildman–Crippen MR) is 89.6 cm³/mol. The number of benzene rings is 1. The zero-order valence-electron chi connectivity index (χ0n) is 12.9. The van der Waals surface area contributed by atoms with Crippen LogP contribution in [-0.4, -0.2) is 37.0 Å². The van der Waals surface area contributed by atoms with E-state index in [0.717, 1.165) is 37.2 Å². The van der Waals surface area contributed by atoms with Crippen LogP contribution in [0.4, 0.5) is 0 Å². The van der Waals surface area contributed by atoms with Crippen LogP contribution >= 0.6 is 12.4 Å². The lowest BCUT2D eigenvalue weighted by atomic mass is 10.0. The molecule has 1 aromatic carbocycles. The van der Waals surface area contributed by atoms with Crippen molar-refractivity contribution in [1.29, 1.82) is 0 Å². The first-order valence-corrected chi connectivity index (χ1v) is 7.97. The summed E-state index contributed by atoms with van der Waals surface area (Å²) in [6, 6.07) is 7.03. The number of fused-ring (bicyclic) bond motifs is 1. The minimum absolute atomic E-state index is 0. The van der Waals surface area contributed by atoms with Crippen LogP contribution < -0.4 is 10.5 Å². The van der Waals surface area contributed by atoms with Crippen LogP contribution in [0.5, 0.6) is 5.75 Å². The topological polar surface area (TPSA) is 55.6 Å². The van der Waals surface area contributed by atoms with Crippen molar-refractivity contribution in [2.75, 3.05) is 26.2 Å². The van der Waals surface area contributed by atoms with Crippen molar-refractivity contribution >= 4 is 18.3 Å². The van der Waals surface area contributed by atoms with Gasteiger partial charge in [-0.2, -0.15) is 0 Å². The van der Waals surface area contributed by atoms with E-state index in [1.165, 1.54) is 32.4 Å². The number of carbonyl (C=O) groups is 1. The third-order valence-electron chi connectivity index (χ3n) is 4.83. The molecule has 0 bridgehead atoms. The monoisotopic (exact) mass is 324 g/mol. The van der Waals surface area contributed by atoms with Crippen LogP contribution in [0.2, 0.25) is 0 Å². The Bertz CT molecular complexity index is 480. The Morgan fingerprint density at radius 1 is 1.18 bits per heavy atom. The molecule has 2 N–H and O–H groups in total. The van der Waals surface area contributed by atoms with Gasteiger partial charge in [0, 0.05) is 25.2 Å². The van der Waals surface area contributed by atoms with E-state index in [-0.39, 0.29) is 12.4 Å². The second kappa shape index (κ2) is 7.84. The van der Waals surface area contributed by atoms with Gasteiger partial charge >= 0.3 is 0 Å². The number of hydrogen-bond acceptors (Lipinski definition) is 3. The molecule has 1 aliphatic heterocycles. The summed E-state index contributed by atoms with van der Waals surface area (Å²) in [4.78, 5) is 13.6. The van der Waals surface area contributed by atoms with E-state index in [9.17, 15) is 4.79 Å². The van der Waals surface area contributed by atoms with Gasteiger partial charge in [-0.1, -0.05) is 6.42 Å². The summed E-state index contributed by atoms with van der Waals surface area (Å²) in [5.41, 5.74) is 5.73. The summed E-state index contributed by atoms with van der Waals surface area (Å²) in [7, 11) is 0. The molecule has 0 spiro atoms. The maximum absolute atomic E-state index is 11.0. The zero-order valence-corrected chi connectivity index (χ0v) is 13.7. The van der Waals surface area contributed by atoms with Crippen LogP contribution in [0.1, 0.15) is 36.0 Å². The molecule has 2 fully saturated rings. The zero-order chi connectivity index (χ0) is 14.7. The number of carbonyl (C=O) groups excluding carboxylic acids is 1. The standard InChI is InChI=1S/C17H24N2O2.ClH/c18-17(20)13-5-7-16(8-6-13)21-10-2-9-19-11-14-3-1-4-15(14)12-19;/h5-8,14-15H,1-4,9-12H2,(H2,18,20);1H. The molecule has 1 saturated carbocycles. The molecular weight excluding hydrogens is 300 g/mol. The van der Waals surface area contributed by atoms with E-state index >= 15 is 0 Å². The molecule has 122 valence electrons. The number of rotatable bonds is 6. The van der Waals surface area contributed by atoms with Gasteiger partial charge in [0.05, 0.1) is 6.61 Å². The average molecular weight is 325 g/mol. The number of nitrogens with zero attached hydrogens (tertiary/aromatic N) is 1. The molecule has 0 aromatic heterocycles. The lowest BCUT2D eigenvalue weighted by molar-refractivity contribution is 0.100. The Balaban J connectivity index is 0.00000176. The van der Waals surface area contributed by atoms with E-state index in [1.54, 1.807) is 24.3 Å². The van der Waals surface area contributed by atoms with Crippen LogP contribution in [0.25, 0.3) is 0 Å². The third kappa shape index (κ3) is 4.14. The van der Waals surface area contributed by atoms with Gasteiger partial charge in [0.25, 0.3) is 0 Å². The second-order valence-corrected chi connectivity index (χ2v) is 6.30. The van der Waals surface area contributed by atoms with E-state index in [2.05, 4.69) is 4.90 Å². The van der Waals surface area contributed by atoms with Gasteiger partial charge < -0.3 is 15.4 Å². The summed E-state index contributed by atoms with van der Waals surface area (Å²) in [5, 5.41) is 0. The van der Waals surface area contributed by atoms with Gasteiger partial charge in [-0.25, -0.2) is 0 Å².